The van der Waals surface area contributed by atoms with Crippen molar-refractivity contribution in [2.75, 3.05) is 18.9 Å². The van der Waals surface area contributed by atoms with Crippen molar-refractivity contribution < 1.29 is 9.53 Å². The van der Waals surface area contributed by atoms with E-state index in [9.17, 15) is 4.79 Å². The lowest BCUT2D eigenvalue weighted by atomic mass is 10.1. The Morgan fingerprint density at radius 2 is 2.00 bits per heavy atom. The molecule has 1 amide bonds. The van der Waals surface area contributed by atoms with Crippen LogP contribution in [0.25, 0.3) is 0 Å². The lowest BCUT2D eigenvalue weighted by Gasteiger charge is -2.21. The molecular formula is C16H15BrN2O2. The van der Waals surface area contributed by atoms with Gasteiger partial charge in [-0.25, -0.2) is 0 Å². The first kappa shape index (κ1) is 13.9. The Labute approximate surface area is 131 Å². The topological polar surface area (TPSA) is 55.6 Å². The maximum atomic E-state index is 12.7. The molecule has 3 rings (SSSR count). The van der Waals surface area contributed by atoms with Crippen molar-refractivity contribution in [3.8, 4) is 5.75 Å². The summed E-state index contributed by atoms with van der Waals surface area (Å²) in [6, 6.07) is 13.0. The standard InChI is InChI=1S/C16H15BrN2O2/c17-13-5-3-6-14(18)12(13)10-19-8-9-21-15-7-2-1-4-11(15)16(19)20/h1-7H,8-10,18H2. The van der Waals surface area contributed by atoms with Gasteiger partial charge >= 0.3 is 0 Å². The summed E-state index contributed by atoms with van der Waals surface area (Å²) < 4.78 is 6.55. The predicted molar refractivity (Wildman–Crippen MR) is 85.2 cm³/mol. The van der Waals surface area contributed by atoms with Crippen molar-refractivity contribution in [2.45, 2.75) is 6.54 Å². The molecule has 0 bridgehead atoms. The van der Waals surface area contributed by atoms with Crippen molar-refractivity contribution in [3.63, 3.8) is 0 Å². The summed E-state index contributed by atoms with van der Waals surface area (Å²) >= 11 is 3.50. The number of hydrogen-bond acceptors (Lipinski definition) is 3. The Kier molecular flexibility index (Phi) is 3.84. The van der Waals surface area contributed by atoms with E-state index in [-0.39, 0.29) is 5.91 Å². The lowest BCUT2D eigenvalue weighted by molar-refractivity contribution is 0.0743. The number of nitrogens with two attached hydrogens (primary N) is 1. The molecule has 0 unspecified atom stereocenters. The minimum atomic E-state index is -0.0294. The number of carbonyl (C=O) groups excluding carboxylic acids is 1. The minimum absolute atomic E-state index is 0.0294. The molecule has 0 aliphatic carbocycles. The Bertz CT molecular complexity index is 667. The first-order chi connectivity index (χ1) is 10.2. The number of carbonyl (C=O) groups is 1. The van der Waals surface area contributed by atoms with Gasteiger partial charge in [0.05, 0.1) is 12.1 Å². The van der Waals surface area contributed by atoms with E-state index < -0.39 is 0 Å². The Morgan fingerprint density at radius 1 is 1.19 bits per heavy atom. The maximum Gasteiger partial charge on any atom is 0.258 e. The van der Waals surface area contributed by atoms with Gasteiger partial charge in [-0.05, 0) is 24.3 Å². The van der Waals surface area contributed by atoms with Crippen LogP contribution in [-0.4, -0.2) is 24.0 Å². The van der Waals surface area contributed by atoms with Gasteiger partial charge in [-0.2, -0.15) is 0 Å². The van der Waals surface area contributed by atoms with Gasteiger partial charge in [-0.3, -0.25) is 4.79 Å². The molecule has 21 heavy (non-hydrogen) atoms. The van der Waals surface area contributed by atoms with Crippen molar-refractivity contribution >= 4 is 27.5 Å². The average Bonchev–Trinajstić information content (AvgIpc) is 2.63. The van der Waals surface area contributed by atoms with Gasteiger partial charge in [-0.15, -0.1) is 0 Å². The summed E-state index contributed by atoms with van der Waals surface area (Å²) in [5.41, 5.74) is 8.21. The van der Waals surface area contributed by atoms with Gasteiger partial charge in [-0.1, -0.05) is 34.1 Å². The molecule has 0 saturated carbocycles. The van der Waals surface area contributed by atoms with Crippen molar-refractivity contribution in [1.82, 2.24) is 4.90 Å². The van der Waals surface area contributed by atoms with Crippen LogP contribution in [0, 0.1) is 0 Å². The van der Waals surface area contributed by atoms with Crippen LogP contribution < -0.4 is 10.5 Å². The Morgan fingerprint density at radius 3 is 2.81 bits per heavy atom. The molecule has 0 saturated heterocycles. The van der Waals surface area contributed by atoms with Gasteiger partial charge < -0.3 is 15.4 Å². The fourth-order valence-corrected chi connectivity index (χ4v) is 2.90. The van der Waals surface area contributed by atoms with Gasteiger partial charge in [0, 0.05) is 22.3 Å². The van der Waals surface area contributed by atoms with E-state index >= 15 is 0 Å². The number of ether oxygens (including phenoxy) is 1. The van der Waals surface area contributed by atoms with E-state index in [2.05, 4.69) is 15.9 Å². The zero-order valence-electron chi connectivity index (χ0n) is 11.4. The minimum Gasteiger partial charge on any atom is -0.491 e. The van der Waals surface area contributed by atoms with Gasteiger partial charge in [0.15, 0.2) is 0 Å². The molecule has 0 atom stereocenters. The number of nitrogen functional groups attached to an aromatic ring is 1. The van der Waals surface area contributed by atoms with Crippen molar-refractivity contribution in [3.05, 3.63) is 58.1 Å². The van der Waals surface area contributed by atoms with E-state index in [0.717, 1.165) is 10.0 Å². The van der Waals surface area contributed by atoms with Gasteiger partial charge in [0.1, 0.15) is 12.4 Å². The summed E-state index contributed by atoms with van der Waals surface area (Å²) in [6.45, 7) is 1.48. The molecule has 0 spiro atoms. The summed E-state index contributed by atoms with van der Waals surface area (Å²) in [5, 5.41) is 0. The van der Waals surface area contributed by atoms with Crippen LogP contribution in [0.3, 0.4) is 0 Å². The molecule has 0 radical (unpaired) electrons. The third-order valence-electron chi connectivity index (χ3n) is 3.53. The second-order valence-electron chi connectivity index (χ2n) is 4.88. The fourth-order valence-electron chi connectivity index (χ4n) is 2.39. The highest BCUT2D eigenvalue weighted by atomic mass is 79.9. The zero-order valence-corrected chi connectivity index (χ0v) is 13.0. The van der Waals surface area contributed by atoms with Crippen molar-refractivity contribution in [1.29, 1.82) is 0 Å². The molecular weight excluding hydrogens is 332 g/mol. The molecule has 5 heteroatoms. The number of para-hydroxylation sites is 1. The summed E-state index contributed by atoms with van der Waals surface area (Å²) in [4.78, 5) is 14.4. The van der Waals surface area contributed by atoms with Crippen LogP contribution in [0.1, 0.15) is 15.9 Å². The number of nitrogens with zero attached hydrogens (tertiary/aromatic N) is 1. The number of halogens is 1. The maximum absolute atomic E-state index is 12.7. The summed E-state index contributed by atoms with van der Waals surface area (Å²) in [6.07, 6.45) is 0. The molecule has 1 aliphatic heterocycles. The largest absolute Gasteiger partial charge is 0.491 e. The molecule has 2 aromatic rings. The first-order valence-electron chi connectivity index (χ1n) is 6.71. The average molecular weight is 347 g/mol. The normalized spacial score (nSPS) is 14.3. The van der Waals surface area contributed by atoms with Gasteiger partial charge in [0.2, 0.25) is 0 Å². The molecule has 2 aromatic carbocycles. The Hall–Kier alpha value is -2.01. The van der Waals surface area contributed by atoms with Crippen LogP contribution in [0.5, 0.6) is 5.75 Å². The van der Waals surface area contributed by atoms with E-state index in [1.54, 1.807) is 11.0 Å². The van der Waals surface area contributed by atoms with Crippen molar-refractivity contribution in [2.24, 2.45) is 0 Å². The second kappa shape index (κ2) is 5.77. The number of benzene rings is 2. The molecule has 108 valence electrons. The van der Waals surface area contributed by atoms with Gasteiger partial charge in [0.25, 0.3) is 5.91 Å². The first-order valence-corrected chi connectivity index (χ1v) is 7.50. The SMILES string of the molecule is Nc1cccc(Br)c1CN1CCOc2ccccc2C1=O. The molecule has 0 fully saturated rings. The summed E-state index contributed by atoms with van der Waals surface area (Å²) in [7, 11) is 0. The molecule has 4 nitrogen and oxygen atoms in total. The van der Waals surface area contributed by atoms with E-state index in [1.807, 2.05) is 36.4 Å². The third kappa shape index (κ3) is 2.74. The van der Waals surface area contributed by atoms with E-state index in [0.29, 0.717) is 36.7 Å². The lowest BCUT2D eigenvalue weighted by Crippen LogP contribution is -2.32. The van der Waals surface area contributed by atoms with Crippen LogP contribution in [0.4, 0.5) is 5.69 Å². The number of hydrogen-bond donors (Lipinski definition) is 1. The Balaban J connectivity index is 1.92. The van der Waals surface area contributed by atoms with E-state index in [4.69, 9.17) is 10.5 Å². The molecule has 1 aliphatic rings. The second-order valence-corrected chi connectivity index (χ2v) is 5.73. The fraction of sp³-hybridized carbons (Fsp3) is 0.188. The zero-order chi connectivity index (χ0) is 14.8. The molecule has 0 aromatic heterocycles. The highest BCUT2D eigenvalue weighted by Crippen LogP contribution is 2.27. The van der Waals surface area contributed by atoms with Crippen LogP contribution in [0.15, 0.2) is 46.9 Å². The number of amides is 1. The summed E-state index contributed by atoms with van der Waals surface area (Å²) in [5.74, 6) is 0.614. The monoisotopic (exact) mass is 346 g/mol. The van der Waals surface area contributed by atoms with E-state index in [1.165, 1.54) is 0 Å². The number of anilines is 1. The van der Waals surface area contributed by atoms with Crippen LogP contribution in [0.2, 0.25) is 0 Å². The molecule has 2 N–H and O–H groups in total. The third-order valence-corrected chi connectivity index (χ3v) is 4.27. The highest BCUT2D eigenvalue weighted by Gasteiger charge is 2.24. The van der Waals surface area contributed by atoms with Crippen LogP contribution in [-0.2, 0) is 6.54 Å². The number of fused-ring (bicyclic) bond motifs is 1. The number of rotatable bonds is 2. The molecule has 1 heterocycles. The smallest absolute Gasteiger partial charge is 0.258 e. The quantitative estimate of drug-likeness (QED) is 0.850. The highest BCUT2D eigenvalue weighted by molar-refractivity contribution is 9.10. The predicted octanol–water partition coefficient (Wildman–Crippen LogP) is 3.07. The van der Waals surface area contributed by atoms with Crippen LogP contribution >= 0.6 is 15.9 Å².